The van der Waals surface area contributed by atoms with E-state index in [0.29, 0.717) is 34.5 Å². The summed E-state index contributed by atoms with van der Waals surface area (Å²) in [5, 5.41) is 9.80. The Kier molecular flexibility index (Phi) is 9.40. The number of nitrogens with one attached hydrogen (secondary N) is 1. The molecule has 3 aromatic carbocycles. The molecule has 1 heterocycles. The van der Waals surface area contributed by atoms with Crippen molar-refractivity contribution < 1.29 is 14.3 Å². The van der Waals surface area contributed by atoms with Crippen molar-refractivity contribution in [2.45, 2.75) is 32.8 Å². The molecule has 1 unspecified atom stereocenters. The molecule has 1 atom stereocenters. The lowest BCUT2D eigenvalue weighted by Gasteiger charge is -2.16. The van der Waals surface area contributed by atoms with Gasteiger partial charge >= 0.3 is 0 Å². The maximum absolute atomic E-state index is 12.8. The molecule has 0 aliphatic carbocycles. The van der Waals surface area contributed by atoms with Crippen LogP contribution in [-0.4, -0.2) is 34.6 Å². The molecule has 4 rings (SSSR count). The normalized spacial score (nSPS) is 11.9. The van der Waals surface area contributed by atoms with Gasteiger partial charge in [-0.1, -0.05) is 55.2 Å². The number of hydrogen-bond acceptors (Lipinski definition) is 5. The standard InChI is InChI=1S/C29H28Cl2N4O3/c1-3-16-37-24-13-10-20(11-14-24)28-21(19-35(34-28)23-8-6-5-7-9-23)18-32-33-29(36)26(4-2)38-27-15-12-22(30)17-25(27)31/h5-15,17-19,26H,3-4,16H2,1-2H3,(H,33,36)/b32-18+. The van der Waals surface area contributed by atoms with Crippen molar-refractivity contribution in [3.05, 3.63) is 94.6 Å². The molecule has 0 radical (unpaired) electrons. The predicted molar refractivity (Wildman–Crippen MR) is 152 cm³/mol. The number of hydrogen-bond donors (Lipinski definition) is 1. The minimum absolute atomic E-state index is 0.330. The number of carbonyl (C=O) groups is 1. The van der Waals surface area contributed by atoms with Crippen LogP contribution in [-0.2, 0) is 4.79 Å². The number of ether oxygens (including phenoxy) is 2. The SMILES string of the molecule is CCCOc1ccc(-c2nn(-c3ccccc3)cc2/C=N/NC(=O)C(CC)Oc2ccc(Cl)cc2Cl)cc1. The van der Waals surface area contributed by atoms with E-state index in [9.17, 15) is 4.79 Å². The van der Waals surface area contributed by atoms with Crippen LogP contribution in [0.1, 0.15) is 32.3 Å². The van der Waals surface area contributed by atoms with E-state index in [0.717, 1.165) is 29.0 Å². The molecule has 7 nitrogen and oxygen atoms in total. The zero-order valence-electron chi connectivity index (χ0n) is 21.1. The number of halogens is 2. The molecular weight excluding hydrogens is 523 g/mol. The molecule has 9 heteroatoms. The maximum Gasteiger partial charge on any atom is 0.281 e. The van der Waals surface area contributed by atoms with Crippen molar-refractivity contribution in [1.29, 1.82) is 0 Å². The third-order valence-corrected chi connectivity index (χ3v) is 6.10. The first kappa shape index (κ1) is 27.2. The average Bonchev–Trinajstić information content (AvgIpc) is 3.36. The van der Waals surface area contributed by atoms with Gasteiger partial charge in [0.25, 0.3) is 5.91 Å². The molecule has 0 fully saturated rings. The van der Waals surface area contributed by atoms with Gasteiger partial charge in [0.2, 0.25) is 0 Å². The average molecular weight is 551 g/mol. The van der Waals surface area contributed by atoms with Gasteiger partial charge in [0.05, 0.1) is 23.5 Å². The molecule has 0 saturated heterocycles. The zero-order valence-corrected chi connectivity index (χ0v) is 22.6. The molecule has 0 spiro atoms. The zero-order chi connectivity index (χ0) is 26.9. The molecule has 1 amide bonds. The highest BCUT2D eigenvalue weighted by atomic mass is 35.5. The second kappa shape index (κ2) is 13.1. The van der Waals surface area contributed by atoms with Crippen LogP contribution in [0.5, 0.6) is 11.5 Å². The summed E-state index contributed by atoms with van der Waals surface area (Å²) in [6.45, 7) is 4.57. The van der Waals surface area contributed by atoms with E-state index < -0.39 is 12.0 Å². The van der Waals surface area contributed by atoms with Crippen molar-refractivity contribution in [2.24, 2.45) is 5.10 Å². The third-order valence-electron chi connectivity index (χ3n) is 5.57. The van der Waals surface area contributed by atoms with Gasteiger partial charge in [-0.3, -0.25) is 4.79 Å². The highest BCUT2D eigenvalue weighted by Gasteiger charge is 2.19. The van der Waals surface area contributed by atoms with E-state index in [1.807, 2.05) is 67.7 Å². The monoisotopic (exact) mass is 550 g/mol. The second-order valence-corrected chi connectivity index (χ2v) is 9.25. The summed E-state index contributed by atoms with van der Waals surface area (Å²) < 4.78 is 13.3. The highest BCUT2D eigenvalue weighted by Crippen LogP contribution is 2.29. The van der Waals surface area contributed by atoms with Crippen LogP contribution in [0.4, 0.5) is 0 Å². The van der Waals surface area contributed by atoms with Crippen molar-refractivity contribution in [1.82, 2.24) is 15.2 Å². The third kappa shape index (κ3) is 6.94. The Balaban J connectivity index is 1.54. The van der Waals surface area contributed by atoms with Gasteiger partial charge < -0.3 is 9.47 Å². The van der Waals surface area contributed by atoms with Gasteiger partial charge in [0.15, 0.2) is 6.10 Å². The quantitative estimate of drug-likeness (QED) is 0.162. The predicted octanol–water partition coefficient (Wildman–Crippen LogP) is 6.94. The molecule has 0 aliphatic heterocycles. The van der Waals surface area contributed by atoms with Gasteiger partial charge in [-0.05, 0) is 67.4 Å². The smallest absolute Gasteiger partial charge is 0.281 e. The first-order valence-electron chi connectivity index (χ1n) is 12.3. The lowest BCUT2D eigenvalue weighted by molar-refractivity contribution is -0.128. The van der Waals surface area contributed by atoms with Crippen LogP contribution in [0.15, 0.2) is 84.1 Å². The topological polar surface area (TPSA) is 77.7 Å². The van der Waals surface area contributed by atoms with Crippen LogP contribution in [0, 0.1) is 0 Å². The Hall–Kier alpha value is -3.81. The minimum atomic E-state index is -0.784. The molecule has 196 valence electrons. The largest absolute Gasteiger partial charge is 0.494 e. The van der Waals surface area contributed by atoms with E-state index in [1.54, 1.807) is 29.1 Å². The van der Waals surface area contributed by atoms with Crippen LogP contribution >= 0.6 is 23.2 Å². The summed E-state index contributed by atoms with van der Waals surface area (Å²) in [6, 6.07) is 22.4. The van der Waals surface area contributed by atoms with Crippen LogP contribution in [0.25, 0.3) is 16.9 Å². The van der Waals surface area contributed by atoms with E-state index >= 15 is 0 Å². The first-order valence-corrected chi connectivity index (χ1v) is 13.1. The fourth-order valence-electron chi connectivity index (χ4n) is 3.63. The summed E-state index contributed by atoms with van der Waals surface area (Å²) in [4.78, 5) is 12.8. The highest BCUT2D eigenvalue weighted by molar-refractivity contribution is 6.35. The molecule has 0 saturated carbocycles. The van der Waals surface area contributed by atoms with Gasteiger partial charge in [0, 0.05) is 22.3 Å². The molecule has 0 aliphatic rings. The van der Waals surface area contributed by atoms with Crippen LogP contribution in [0.3, 0.4) is 0 Å². The van der Waals surface area contributed by atoms with Crippen molar-refractivity contribution in [3.8, 4) is 28.4 Å². The van der Waals surface area contributed by atoms with E-state index in [-0.39, 0.29) is 0 Å². The first-order chi connectivity index (χ1) is 18.5. The van der Waals surface area contributed by atoms with Gasteiger partial charge in [-0.15, -0.1) is 0 Å². The number of nitrogens with zero attached hydrogens (tertiary/aromatic N) is 3. The number of amides is 1. The molecule has 1 aromatic heterocycles. The molecular formula is C29H28Cl2N4O3. The number of rotatable bonds is 11. The Morgan fingerprint density at radius 2 is 1.84 bits per heavy atom. The summed E-state index contributed by atoms with van der Waals surface area (Å²) in [7, 11) is 0. The Morgan fingerprint density at radius 1 is 1.08 bits per heavy atom. The maximum atomic E-state index is 12.8. The summed E-state index contributed by atoms with van der Waals surface area (Å²) in [5.41, 5.74) is 5.81. The van der Waals surface area contributed by atoms with Crippen molar-refractivity contribution in [3.63, 3.8) is 0 Å². The minimum Gasteiger partial charge on any atom is -0.494 e. The molecule has 0 bridgehead atoms. The van der Waals surface area contributed by atoms with E-state index in [4.69, 9.17) is 37.8 Å². The van der Waals surface area contributed by atoms with Gasteiger partial charge in [0.1, 0.15) is 17.2 Å². The number of benzene rings is 3. The second-order valence-electron chi connectivity index (χ2n) is 8.41. The summed E-state index contributed by atoms with van der Waals surface area (Å²) >= 11 is 12.1. The molecule has 38 heavy (non-hydrogen) atoms. The van der Waals surface area contributed by atoms with Crippen molar-refractivity contribution >= 4 is 35.3 Å². The molecule has 4 aromatic rings. The van der Waals surface area contributed by atoms with E-state index in [2.05, 4.69) is 17.5 Å². The van der Waals surface area contributed by atoms with Crippen molar-refractivity contribution in [2.75, 3.05) is 6.61 Å². The van der Waals surface area contributed by atoms with E-state index in [1.165, 1.54) is 0 Å². The lowest BCUT2D eigenvalue weighted by atomic mass is 10.1. The van der Waals surface area contributed by atoms with Gasteiger partial charge in [-0.2, -0.15) is 10.2 Å². The van der Waals surface area contributed by atoms with Gasteiger partial charge in [-0.25, -0.2) is 10.1 Å². The number of hydrazone groups is 1. The lowest BCUT2D eigenvalue weighted by Crippen LogP contribution is -2.35. The number of aromatic nitrogens is 2. The summed E-state index contributed by atoms with van der Waals surface area (Å²) in [6.07, 6.45) is 4.01. The fraction of sp³-hybridized carbons (Fsp3) is 0.207. The Morgan fingerprint density at radius 3 is 2.53 bits per heavy atom. The molecule has 1 N–H and O–H groups in total. The summed E-state index contributed by atoms with van der Waals surface area (Å²) in [5.74, 6) is 0.774. The number of para-hydroxylation sites is 1. The Bertz CT molecular complexity index is 1390. The van der Waals surface area contributed by atoms with Crippen LogP contribution < -0.4 is 14.9 Å². The Labute approximate surface area is 232 Å². The number of carbonyl (C=O) groups excluding carboxylic acids is 1. The fourth-order valence-corrected chi connectivity index (χ4v) is 4.08. The van der Waals surface area contributed by atoms with Crippen LogP contribution in [0.2, 0.25) is 10.0 Å².